The molecule has 114 valence electrons. The number of nitrogens with two attached hydrogens (primary N) is 1. The summed E-state index contributed by atoms with van der Waals surface area (Å²) in [5.74, 6) is -1.55. The predicted octanol–water partition coefficient (Wildman–Crippen LogP) is 0.611. The second-order valence-corrected chi connectivity index (χ2v) is 5.52. The molecule has 21 heavy (non-hydrogen) atoms. The van der Waals surface area contributed by atoms with E-state index in [1.807, 2.05) is 6.07 Å². The zero-order valence-electron chi connectivity index (χ0n) is 12.0. The molecule has 1 saturated heterocycles. The molecule has 2 rings (SSSR count). The molecule has 1 unspecified atom stereocenters. The average Bonchev–Trinajstić information content (AvgIpc) is 2.49. The maximum Gasteiger partial charge on any atom is 0.329 e. The van der Waals surface area contributed by atoms with Crippen molar-refractivity contribution in [1.29, 1.82) is 0 Å². The summed E-state index contributed by atoms with van der Waals surface area (Å²) >= 11 is 0. The summed E-state index contributed by atoms with van der Waals surface area (Å²) in [6.07, 6.45) is 0.470. The Balaban J connectivity index is 2.21. The van der Waals surface area contributed by atoms with Crippen LogP contribution in [0.2, 0.25) is 0 Å². The van der Waals surface area contributed by atoms with Crippen molar-refractivity contribution < 1.29 is 19.4 Å². The summed E-state index contributed by atoms with van der Waals surface area (Å²) in [6.45, 7) is 2.19. The molecular weight excluding hydrogens is 272 g/mol. The Labute approximate surface area is 123 Å². The van der Waals surface area contributed by atoms with E-state index in [4.69, 9.17) is 10.5 Å². The van der Waals surface area contributed by atoms with Crippen LogP contribution in [-0.4, -0.2) is 35.7 Å². The standard InChI is InChI=1S/C15H20N2O4/c1-14(16,11-5-3-2-4-6-11)12(18)17-15(13(19)20)7-9-21-10-8-15/h2-6H,7-10,16H2,1H3,(H,17,18)(H,19,20). The lowest BCUT2D eigenvalue weighted by atomic mass is 9.86. The van der Waals surface area contributed by atoms with Crippen LogP contribution in [0.1, 0.15) is 25.3 Å². The minimum atomic E-state index is -1.30. The van der Waals surface area contributed by atoms with Crippen molar-refractivity contribution >= 4 is 11.9 Å². The number of rotatable bonds is 4. The van der Waals surface area contributed by atoms with Crippen LogP contribution in [0, 0.1) is 0 Å². The van der Waals surface area contributed by atoms with Crippen molar-refractivity contribution in [3.8, 4) is 0 Å². The Morgan fingerprint density at radius 3 is 2.38 bits per heavy atom. The van der Waals surface area contributed by atoms with E-state index in [0.717, 1.165) is 0 Å². The van der Waals surface area contributed by atoms with Gasteiger partial charge in [0, 0.05) is 26.1 Å². The van der Waals surface area contributed by atoms with Gasteiger partial charge in [-0.2, -0.15) is 0 Å². The highest BCUT2D eigenvalue weighted by molar-refractivity contribution is 5.92. The van der Waals surface area contributed by atoms with Crippen molar-refractivity contribution in [3.63, 3.8) is 0 Å². The first-order valence-electron chi connectivity index (χ1n) is 6.87. The molecule has 0 spiro atoms. The van der Waals surface area contributed by atoms with Crippen LogP contribution in [0.25, 0.3) is 0 Å². The number of aliphatic carboxylic acids is 1. The molecule has 1 aliphatic rings. The van der Waals surface area contributed by atoms with Gasteiger partial charge in [-0.25, -0.2) is 4.79 Å². The Morgan fingerprint density at radius 2 is 1.86 bits per heavy atom. The van der Waals surface area contributed by atoms with E-state index < -0.39 is 23.0 Å². The van der Waals surface area contributed by atoms with E-state index in [-0.39, 0.29) is 12.8 Å². The third-order valence-corrected chi connectivity index (χ3v) is 3.95. The Morgan fingerprint density at radius 1 is 1.29 bits per heavy atom. The number of hydrogen-bond donors (Lipinski definition) is 3. The normalized spacial score (nSPS) is 20.3. The molecule has 0 saturated carbocycles. The second kappa shape index (κ2) is 5.83. The largest absolute Gasteiger partial charge is 0.480 e. The molecule has 1 aliphatic heterocycles. The fraction of sp³-hybridized carbons (Fsp3) is 0.467. The average molecular weight is 292 g/mol. The Hall–Kier alpha value is -1.92. The molecule has 1 heterocycles. The summed E-state index contributed by atoms with van der Waals surface area (Å²) in [5.41, 5.74) is 4.17. The van der Waals surface area contributed by atoms with Crippen LogP contribution in [0.4, 0.5) is 0 Å². The first-order valence-corrected chi connectivity index (χ1v) is 6.87. The predicted molar refractivity (Wildman–Crippen MR) is 76.5 cm³/mol. The van der Waals surface area contributed by atoms with Gasteiger partial charge in [-0.3, -0.25) is 4.79 Å². The van der Waals surface area contributed by atoms with Crippen LogP contribution in [0.15, 0.2) is 30.3 Å². The molecule has 0 radical (unpaired) electrons. The molecule has 0 bridgehead atoms. The van der Waals surface area contributed by atoms with Crippen molar-refractivity contribution in [2.45, 2.75) is 30.8 Å². The van der Waals surface area contributed by atoms with Gasteiger partial charge < -0.3 is 20.9 Å². The van der Waals surface area contributed by atoms with Crippen LogP contribution < -0.4 is 11.1 Å². The Bertz CT molecular complexity index is 522. The van der Waals surface area contributed by atoms with E-state index in [9.17, 15) is 14.7 Å². The lowest BCUT2D eigenvalue weighted by Crippen LogP contribution is -2.62. The molecule has 0 aromatic heterocycles. The SMILES string of the molecule is CC(N)(C(=O)NC1(C(=O)O)CCOCC1)c1ccccc1. The molecule has 1 amide bonds. The fourth-order valence-electron chi connectivity index (χ4n) is 2.37. The number of ether oxygens (including phenoxy) is 1. The monoisotopic (exact) mass is 292 g/mol. The van der Waals surface area contributed by atoms with Crippen LogP contribution in [0.5, 0.6) is 0 Å². The summed E-state index contributed by atoms with van der Waals surface area (Å²) in [6, 6.07) is 8.90. The molecule has 4 N–H and O–H groups in total. The van der Waals surface area contributed by atoms with Crippen LogP contribution in [0.3, 0.4) is 0 Å². The number of carbonyl (C=O) groups excluding carboxylic acids is 1. The van der Waals surface area contributed by atoms with Gasteiger partial charge >= 0.3 is 5.97 Å². The highest BCUT2D eigenvalue weighted by atomic mass is 16.5. The first-order chi connectivity index (χ1) is 9.88. The molecule has 1 atom stereocenters. The minimum absolute atomic E-state index is 0.235. The van der Waals surface area contributed by atoms with Crippen molar-refractivity contribution in [1.82, 2.24) is 5.32 Å². The maximum atomic E-state index is 12.5. The number of nitrogens with one attached hydrogen (secondary N) is 1. The van der Waals surface area contributed by atoms with E-state index in [1.165, 1.54) is 0 Å². The number of carboxylic acids is 1. The summed E-state index contributed by atoms with van der Waals surface area (Å²) in [4.78, 5) is 24.1. The van der Waals surface area contributed by atoms with Gasteiger partial charge in [0.1, 0.15) is 11.1 Å². The van der Waals surface area contributed by atoms with Crippen molar-refractivity contribution in [2.75, 3.05) is 13.2 Å². The smallest absolute Gasteiger partial charge is 0.329 e. The number of carboxylic acid groups (broad SMARTS) is 1. The van der Waals surface area contributed by atoms with Gasteiger partial charge in [0.15, 0.2) is 0 Å². The first kappa shape index (κ1) is 15.5. The summed E-state index contributed by atoms with van der Waals surface area (Å²) in [7, 11) is 0. The van der Waals surface area contributed by atoms with Crippen molar-refractivity contribution in [3.05, 3.63) is 35.9 Å². The van der Waals surface area contributed by atoms with E-state index in [1.54, 1.807) is 31.2 Å². The highest BCUT2D eigenvalue weighted by Crippen LogP contribution is 2.24. The molecule has 6 nitrogen and oxygen atoms in total. The van der Waals surface area contributed by atoms with Gasteiger partial charge in [0.25, 0.3) is 0 Å². The molecule has 6 heteroatoms. The van der Waals surface area contributed by atoms with Gasteiger partial charge in [0.05, 0.1) is 0 Å². The van der Waals surface area contributed by atoms with Gasteiger partial charge in [-0.15, -0.1) is 0 Å². The second-order valence-electron chi connectivity index (χ2n) is 5.52. The molecule has 0 aliphatic carbocycles. The van der Waals surface area contributed by atoms with Crippen LogP contribution in [-0.2, 0) is 19.9 Å². The van der Waals surface area contributed by atoms with Gasteiger partial charge in [0.2, 0.25) is 5.91 Å². The third kappa shape index (κ3) is 3.06. The molecular formula is C15H20N2O4. The maximum absolute atomic E-state index is 12.5. The van der Waals surface area contributed by atoms with E-state index in [0.29, 0.717) is 18.8 Å². The summed E-state index contributed by atoms with van der Waals surface area (Å²) < 4.78 is 5.18. The number of hydrogen-bond acceptors (Lipinski definition) is 4. The third-order valence-electron chi connectivity index (χ3n) is 3.95. The number of carbonyl (C=O) groups is 2. The van der Waals surface area contributed by atoms with Crippen molar-refractivity contribution in [2.24, 2.45) is 5.73 Å². The minimum Gasteiger partial charge on any atom is -0.480 e. The van der Waals surface area contributed by atoms with E-state index >= 15 is 0 Å². The fourth-order valence-corrected chi connectivity index (χ4v) is 2.37. The lowest BCUT2D eigenvalue weighted by molar-refractivity contribution is -0.153. The van der Waals surface area contributed by atoms with Gasteiger partial charge in [-0.1, -0.05) is 30.3 Å². The zero-order valence-corrected chi connectivity index (χ0v) is 12.0. The molecule has 1 fully saturated rings. The van der Waals surface area contributed by atoms with Crippen LogP contribution >= 0.6 is 0 Å². The lowest BCUT2D eigenvalue weighted by Gasteiger charge is -2.36. The summed E-state index contributed by atoms with van der Waals surface area (Å²) in [5, 5.41) is 12.1. The number of amides is 1. The van der Waals surface area contributed by atoms with E-state index in [2.05, 4.69) is 5.32 Å². The molecule has 1 aromatic carbocycles. The zero-order chi connectivity index (χ0) is 15.5. The Kier molecular flexibility index (Phi) is 4.29. The quantitative estimate of drug-likeness (QED) is 0.754. The highest BCUT2D eigenvalue weighted by Gasteiger charge is 2.44. The van der Waals surface area contributed by atoms with Gasteiger partial charge in [-0.05, 0) is 12.5 Å². The number of benzene rings is 1. The topological polar surface area (TPSA) is 102 Å². The molecule has 1 aromatic rings.